The molecule has 3 rings (SSSR count). The molecule has 0 saturated carbocycles. The fraction of sp³-hybridized carbons (Fsp3) is 0.143. The van der Waals surface area contributed by atoms with Gasteiger partial charge in [0.05, 0.1) is 5.75 Å². The number of amides is 1. The van der Waals surface area contributed by atoms with E-state index in [-0.39, 0.29) is 17.6 Å². The molecule has 0 aliphatic heterocycles. The van der Waals surface area contributed by atoms with Crippen molar-refractivity contribution < 1.29 is 13.9 Å². The molecule has 1 aromatic carbocycles. The third kappa shape index (κ3) is 3.34. The summed E-state index contributed by atoms with van der Waals surface area (Å²) in [5.74, 6) is 0.612. The summed E-state index contributed by atoms with van der Waals surface area (Å²) in [7, 11) is 0. The summed E-state index contributed by atoms with van der Waals surface area (Å²) in [6.45, 7) is 0.125. The number of rotatable bonds is 6. The fourth-order valence-corrected chi connectivity index (χ4v) is 2.34. The Hall–Kier alpha value is -2.61. The minimum atomic E-state index is -0.442. The molecule has 0 atom stereocenters. The van der Waals surface area contributed by atoms with E-state index in [0.717, 1.165) is 22.7 Å². The van der Waals surface area contributed by atoms with Crippen molar-refractivity contribution in [2.24, 2.45) is 5.73 Å². The average molecular weight is 316 g/mol. The first kappa shape index (κ1) is 14.3. The lowest BCUT2D eigenvalue weighted by atomic mass is 10.2. The molecule has 7 nitrogen and oxygen atoms in total. The third-order valence-corrected chi connectivity index (χ3v) is 3.57. The second-order valence-electron chi connectivity index (χ2n) is 4.34. The second kappa shape index (κ2) is 6.44. The first-order valence-electron chi connectivity index (χ1n) is 6.42. The molecule has 0 radical (unpaired) electrons. The molecule has 0 aliphatic carbocycles. The number of pyridine rings is 1. The van der Waals surface area contributed by atoms with Crippen LogP contribution in [0.5, 0.6) is 5.75 Å². The van der Waals surface area contributed by atoms with Crippen LogP contribution in [-0.4, -0.2) is 26.8 Å². The summed E-state index contributed by atoms with van der Waals surface area (Å²) in [6.07, 6.45) is 1.71. The molecule has 0 fully saturated rings. The minimum Gasteiger partial charge on any atom is -0.482 e. The smallest absolute Gasteiger partial charge is 0.277 e. The predicted molar refractivity (Wildman–Crippen MR) is 80.3 cm³/mol. The number of hydrogen-bond donors (Lipinski definition) is 1. The van der Waals surface area contributed by atoms with E-state index in [1.165, 1.54) is 0 Å². The summed E-state index contributed by atoms with van der Waals surface area (Å²) in [5, 5.41) is 8.93. The van der Waals surface area contributed by atoms with Crippen LogP contribution in [0, 0.1) is 0 Å². The lowest BCUT2D eigenvalue weighted by molar-refractivity contribution is -0.115. The normalized spacial score (nSPS) is 10.7. The molecule has 0 bridgehead atoms. The molecule has 0 unspecified atom stereocenters. The summed E-state index contributed by atoms with van der Waals surface area (Å²) in [4.78, 5) is 15.0. The first-order chi connectivity index (χ1) is 10.7. The van der Waals surface area contributed by atoms with Crippen LogP contribution in [-0.2, 0) is 11.4 Å². The Morgan fingerprint density at radius 1 is 1.27 bits per heavy atom. The Balaban J connectivity index is 1.68. The van der Waals surface area contributed by atoms with Crippen LogP contribution in [0.15, 0.2) is 46.2 Å². The minimum absolute atomic E-state index is 0.0930. The predicted octanol–water partition coefficient (Wildman–Crippen LogP) is 1.77. The van der Waals surface area contributed by atoms with Gasteiger partial charge in [-0.05, 0) is 12.1 Å². The number of nitrogens with two attached hydrogens (primary N) is 1. The largest absolute Gasteiger partial charge is 0.482 e. The van der Waals surface area contributed by atoms with Gasteiger partial charge in [0.1, 0.15) is 11.3 Å². The standard InChI is InChI=1S/C14H12N4O3S/c15-11(19)8-22-14-18-17-12(21-14)7-20-10-5-1-3-9-4-2-6-16-13(9)10/h1-6H,7-8H2,(H2,15,19). The maximum Gasteiger partial charge on any atom is 0.277 e. The summed E-state index contributed by atoms with van der Waals surface area (Å²) >= 11 is 1.09. The van der Waals surface area contributed by atoms with E-state index in [0.29, 0.717) is 11.6 Å². The highest BCUT2D eigenvalue weighted by molar-refractivity contribution is 7.99. The van der Waals surface area contributed by atoms with Crippen LogP contribution >= 0.6 is 11.8 Å². The van der Waals surface area contributed by atoms with Gasteiger partial charge in [0, 0.05) is 11.6 Å². The van der Waals surface area contributed by atoms with Crippen LogP contribution in [0.2, 0.25) is 0 Å². The van der Waals surface area contributed by atoms with Gasteiger partial charge in [0.25, 0.3) is 11.1 Å². The number of ether oxygens (including phenoxy) is 1. The maximum absolute atomic E-state index is 10.7. The third-order valence-electron chi connectivity index (χ3n) is 2.73. The first-order valence-corrected chi connectivity index (χ1v) is 7.41. The summed E-state index contributed by atoms with van der Waals surface area (Å²) < 4.78 is 11.0. The monoisotopic (exact) mass is 316 g/mol. The number of primary amides is 1. The van der Waals surface area contributed by atoms with Crippen LogP contribution in [0.4, 0.5) is 0 Å². The van der Waals surface area contributed by atoms with Crippen LogP contribution < -0.4 is 10.5 Å². The molecule has 3 aromatic rings. The number of para-hydroxylation sites is 1. The van der Waals surface area contributed by atoms with Gasteiger partial charge in [-0.25, -0.2) is 0 Å². The summed E-state index contributed by atoms with van der Waals surface area (Å²) in [5.41, 5.74) is 5.82. The van der Waals surface area contributed by atoms with Crippen LogP contribution in [0.25, 0.3) is 10.9 Å². The average Bonchev–Trinajstić information content (AvgIpc) is 2.99. The second-order valence-corrected chi connectivity index (χ2v) is 5.26. The van der Waals surface area contributed by atoms with Crippen molar-refractivity contribution in [1.82, 2.24) is 15.2 Å². The number of carbonyl (C=O) groups excluding carboxylic acids is 1. The number of fused-ring (bicyclic) bond motifs is 1. The Labute approximate surface area is 129 Å². The Kier molecular flexibility index (Phi) is 4.19. The van der Waals surface area contributed by atoms with Gasteiger partial charge in [0.15, 0.2) is 6.61 Å². The molecule has 2 aromatic heterocycles. The molecule has 0 spiro atoms. The molecular formula is C14H12N4O3S. The SMILES string of the molecule is NC(=O)CSc1nnc(COc2cccc3cccnc23)o1. The van der Waals surface area contributed by atoms with Crippen molar-refractivity contribution >= 4 is 28.6 Å². The van der Waals surface area contributed by atoms with Crippen LogP contribution in [0.3, 0.4) is 0 Å². The van der Waals surface area contributed by atoms with Gasteiger partial charge >= 0.3 is 0 Å². The zero-order valence-corrected chi connectivity index (χ0v) is 12.2. The van der Waals surface area contributed by atoms with E-state index in [1.54, 1.807) is 6.20 Å². The molecule has 22 heavy (non-hydrogen) atoms. The Morgan fingerprint density at radius 3 is 3.00 bits per heavy atom. The van der Waals surface area contributed by atoms with Gasteiger partial charge < -0.3 is 14.9 Å². The van der Waals surface area contributed by atoms with Crippen molar-refractivity contribution in [3.05, 3.63) is 42.4 Å². The summed E-state index contributed by atoms with van der Waals surface area (Å²) in [6, 6.07) is 9.50. The Morgan fingerprint density at radius 2 is 2.14 bits per heavy atom. The van der Waals surface area contributed by atoms with Crippen molar-refractivity contribution in [3.8, 4) is 5.75 Å². The van der Waals surface area contributed by atoms with Gasteiger partial charge in [-0.2, -0.15) is 0 Å². The lowest BCUT2D eigenvalue weighted by Gasteiger charge is -2.06. The number of thioether (sulfide) groups is 1. The number of aromatic nitrogens is 3. The quantitative estimate of drug-likeness (QED) is 0.691. The molecule has 1 amide bonds. The van der Waals surface area contributed by atoms with E-state index in [4.69, 9.17) is 14.9 Å². The van der Waals surface area contributed by atoms with Crippen molar-refractivity contribution in [2.45, 2.75) is 11.8 Å². The van der Waals surface area contributed by atoms with Gasteiger partial charge in [-0.15, -0.1) is 10.2 Å². The molecular weight excluding hydrogens is 304 g/mol. The highest BCUT2D eigenvalue weighted by Crippen LogP contribution is 2.24. The Bertz CT molecular complexity index is 800. The van der Waals surface area contributed by atoms with Crippen molar-refractivity contribution in [3.63, 3.8) is 0 Å². The zero-order chi connectivity index (χ0) is 15.4. The molecule has 8 heteroatoms. The van der Waals surface area contributed by atoms with E-state index < -0.39 is 5.91 Å². The van der Waals surface area contributed by atoms with E-state index in [2.05, 4.69) is 15.2 Å². The van der Waals surface area contributed by atoms with E-state index in [1.807, 2.05) is 30.3 Å². The van der Waals surface area contributed by atoms with E-state index in [9.17, 15) is 4.79 Å². The molecule has 2 heterocycles. The zero-order valence-electron chi connectivity index (χ0n) is 11.4. The van der Waals surface area contributed by atoms with Crippen LogP contribution in [0.1, 0.15) is 5.89 Å². The number of nitrogens with zero attached hydrogens (tertiary/aromatic N) is 3. The molecule has 0 aliphatic rings. The number of hydrogen-bond acceptors (Lipinski definition) is 7. The fourth-order valence-electron chi connectivity index (χ4n) is 1.82. The van der Waals surface area contributed by atoms with E-state index >= 15 is 0 Å². The molecule has 2 N–H and O–H groups in total. The lowest BCUT2D eigenvalue weighted by Crippen LogP contribution is -2.12. The topological polar surface area (TPSA) is 104 Å². The van der Waals surface area contributed by atoms with Gasteiger partial charge in [-0.1, -0.05) is 30.0 Å². The van der Waals surface area contributed by atoms with Gasteiger partial charge in [-0.3, -0.25) is 9.78 Å². The number of carbonyl (C=O) groups is 1. The number of benzene rings is 1. The molecule has 112 valence electrons. The highest BCUT2D eigenvalue weighted by Gasteiger charge is 2.10. The van der Waals surface area contributed by atoms with Crippen molar-refractivity contribution in [1.29, 1.82) is 0 Å². The molecule has 0 saturated heterocycles. The van der Waals surface area contributed by atoms with Gasteiger partial charge in [0.2, 0.25) is 5.91 Å². The van der Waals surface area contributed by atoms with Crippen molar-refractivity contribution in [2.75, 3.05) is 5.75 Å². The highest BCUT2D eigenvalue weighted by atomic mass is 32.2. The maximum atomic E-state index is 10.7.